The predicted octanol–water partition coefficient (Wildman–Crippen LogP) is 2.09. The monoisotopic (exact) mass is 180 g/mol. The minimum atomic E-state index is 0.750. The zero-order valence-corrected chi connectivity index (χ0v) is 7.47. The number of aromatic nitrogens is 2. The van der Waals surface area contributed by atoms with Gasteiger partial charge in [-0.05, 0) is 12.3 Å². The molecule has 0 radical (unpaired) electrons. The Bertz CT molecular complexity index is 385. The second-order valence-electron chi connectivity index (χ2n) is 2.43. The van der Waals surface area contributed by atoms with Crippen LogP contribution in [0.2, 0.25) is 0 Å². The van der Waals surface area contributed by atoms with Crippen LogP contribution in [-0.4, -0.2) is 16.2 Å². The smallest absolute Gasteiger partial charge is 0.182 e. The maximum absolute atomic E-state index is 5.07. The van der Waals surface area contributed by atoms with Gasteiger partial charge in [0.15, 0.2) is 12.0 Å². The largest absolute Gasteiger partial charge is 0.442 e. The molecule has 2 aromatic rings. The van der Waals surface area contributed by atoms with Crippen molar-refractivity contribution >= 4 is 22.9 Å². The lowest BCUT2D eigenvalue weighted by Gasteiger charge is -1.94. The first-order valence-electron chi connectivity index (χ1n) is 3.57. The van der Waals surface area contributed by atoms with Gasteiger partial charge in [0.25, 0.3) is 0 Å². The van der Waals surface area contributed by atoms with E-state index in [9.17, 15) is 0 Å². The molecule has 0 aliphatic heterocycles. The van der Waals surface area contributed by atoms with E-state index in [0.717, 1.165) is 22.5 Å². The molecule has 0 fully saturated rings. The molecule has 2 aromatic heterocycles. The standard InChI is InChI=1S/C8H8N2OS/c1-12-4-6-2-7-8(3-9-6)11-5-10-7/h2-3,5H,4H2,1H3. The highest BCUT2D eigenvalue weighted by atomic mass is 32.2. The molecule has 4 heteroatoms. The second kappa shape index (κ2) is 3.15. The molecule has 0 atom stereocenters. The summed E-state index contributed by atoms with van der Waals surface area (Å²) >= 11 is 1.74. The first-order valence-corrected chi connectivity index (χ1v) is 4.96. The molecule has 0 unspecified atom stereocenters. The molecule has 0 saturated carbocycles. The summed E-state index contributed by atoms with van der Waals surface area (Å²) in [4.78, 5) is 8.26. The maximum Gasteiger partial charge on any atom is 0.182 e. The number of hydrogen-bond acceptors (Lipinski definition) is 4. The summed E-state index contributed by atoms with van der Waals surface area (Å²) in [5.41, 5.74) is 2.68. The number of nitrogens with zero attached hydrogens (tertiary/aromatic N) is 2. The molecule has 0 N–H and O–H groups in total. The molecule has 0 amide bonds. The SMILES string of the molecule is CSCc1cc2ncoc2cn1. The van der Waals surface area contributed by atoms with Crippen molar-refractivity contribution < 1.29 is 4.42 Å². The molecule has 0 saturated heterocycles. The van der Waals surface area contributed by atoms with Crippen molar-refractivity contribution in [2.75, 3.05) is 6.26 Å². The van der Waals surface area contributed by atoms with Gasteiger partial charge in [-0.2, -0.15) is 11.8 Å². The molecule has 12 heavy (non-hydrogen) atoms. The summed E-state index contributed by atoms with van der Waals surface area (Å²) in [6, 6.07) is 1.95. The number of fused-ring (bicyclic) bond motifs is 1. The molecular formula is C8H8N2OS. The summed E-state index contributed by atoms with van der Waals surface area (Å²) in [5.74, 6) is 0.919. The fourth-order valence-electron chi connectivity index (χ4n) is 1.03. The highest BCUT2D eigenvalue weighted by Crippen LogP contribution is 2.14. The molecule has 2 heterocycles. The predicted molar refractivity (Wildman–Crippen MR) is 49.0 cm³/mol. The van der Waals surface area contributed by atoms with Gasteiger partial charge in [0.2, 0.25) is 0 Å². The number of rotatable bonds is 2. The van der Waals surface area contributed by atoms with Crippen LogP contribution in [0.3, 0.4) is 0 Å². The van der Waals surface area contributed by atoms with Gasteiger partial charge in [-0.1, -0.05) is 0 Å². The third-order valence-corrected chi connectivity index (χ3v) is 2.15. The molecule has 3 nitrogen and oxygen atoms in total. The lowest BCUT2D eigenvalue weighted by Crippen LogP contribution is -1.84. The van der Waals surface area contributed by atoms with Crippen molar-refractivity contribution in [3.8, 4) is 0 Å². The normalized spacial score (nSPS) is 10.8. The quantitative estimate of drug-likeness (QED) is 0.709. The maximum atomic E-state index is 5.07. The topological polar surface area (TPSA) is 38.9 Å². The van der Waals surface area contributed by atoms with Gasteiger partial charge < -0.3 is 4.42 Å². The van der Waals surface area contributed by atoms with Crippen molar-refractivity contribution in [3.63, 3.8) is 0 Å². The van der Waals surface area contributed by atoms with Gasteiger partial charge in [0.05, 0.1) is 11.9 Å². The lowest BCUT2D eigenvalue weighted by atomic mass is 10.3. The van der Waals surface area contributed by atoms with Gasteiger partial charge in [-0.3, -0.25) is 4.98 Å². The van der Waals surface area contributed by atoms with Gasteiger partial charge in [-0.15, -0.1) is 0 Å². The lowest BCUT2D eigenvalue weighted by molar-refractivity contribution is 0.600. The molecule has 0 spiro atoms. The summed E-state index contributed by atoms with van der Waals surface area (Å²) < 4.78 is 5.07. The fraction of sp³-hybridized carbons (Fsp3) is 0.250. The summed E-state index contributed by atoms with van der Waals surface area (Å²) in [6.07, 6.45) is 5.21. The summed E-state index contributed by atoms with van der Waals surface area (Å²) in [6.45, 7) is 0. The Hall–Kier alpha value is -1.03. The summed E-state index contributed by atoms with van der Waals surface area (Å²) in [5, 5.41) is 0. The van der Waals surface area contributed by atoms with Gasteiger partial charge >= 0.3 is 0 Å². The van der Waals surface area contributed by atoms with Crippen LogP contribution in [0.15, 0.2) is 23.1 Å². The third-order valence-electron chi connectivity index (χ3n) is 1.57. The van der Waals surface area contributed by atoms with E-state index in [-0.39, 0.29) is 0 Å². The van der Waals surface area contributed by atoms with Crippen LogP contribution >= 0.6 is 11.8 Å². The van der Waals surface area contributed by atoms with Crippen LogP contribution in [0.25, 0.3) is 11.1 Å². The minimum absolute atomic E-state index is 0.750. The Morgan fingerprint density at radius 1 is 1.50 bits per heavy atom. The molecular weight excluding hydrogens is 172 g/mol. The molecule has 0 bridgehead atoms. The van der Waals surface area contributed by atoms with E-state index < -0.39 is 0 Å². The van der Waals surface area contributed by atoms with Crippen LogP contribution in [0, 0.1) is 0 Å². The average Bonchev–Trinajstić information content (AvgIpc) is 2.51. The van der Waals surface area contributed by atoms with Crippen molar-refractivity contribution in [1.82, 2.24) is 9.97 Å². The third kappa shape index (κ3) is 1.30. The van der Waals surface area contributed by atoms with Crippen LogP contribution in [0.4, 0.5) is 0 Å². The first kappa shape index (κ1) is 7.61. The van der Waals surface area contributed by atoms with Crippen molar-refractivity contribution in [2.45, 2.75) is 5.75 Å². The number of thioether (sulfide) groups is 1. The van der Waals surface area contributed by atoms with E-state index in [4.69, 9.17) is 4.42 Å². The Morgan fingerprint density at radius 3 is 3.25 bits per heavy atom. The number of oxazole rings is 1. The molecule has 2 rings (SSSR count). The fourth-order valence-corrected chi connectivity index (χ4v) is 1.49. The van der Waals surface area contributed by atoms with E-state index in [2.05, 4.69) is 16.2 Å². The van der Waals surface area contributed by atoms with E-state index in [1.165, 1.54) is 6.39 Å². The van der Waals surface area contributed by atoms with Crippen LogP contribution < -0.4 is 0 Å². The Balaban J connectivity index is 2.46. The average molecular weight is 180 g/mol. The van der Waals surface area contributed by atoms with E-state index in [1.807, 2.05) is 6.07 Å². The van der Waals surface area contributed by atoms with Crippen molar-refractivity contribution in [3.05, 3.63) is 24.4 Å². The van der Waals surface area contributed by atoms with E-state index in [0.29, 0.717) is 0 Å². The molecule has 0 aromatic carbocycles. The van der Waals surface area contributed by atoms with E-state index >= 15 is 0 Å². The van der Waals surface area contributed by atoms with Crippen molar-refractivity contribution in [1.29, 1.82) is 0 Å². The number of hydrogen-bond donors (Lipinski definition) is 0. The van der Waals surface area contributed by atoms with Gasteiger partial charge in [0.1, 0.15) is 5.52 Å². The highest BCUT2D eigenvalue weighted by molar-refractivity contribution is 7.97. The Labute approximate surface area is 74.2 Å². The first-order chi connectivity index (χ1) is 5.90. The number of pyridine rings is 1. The second-order valence-corrected chi connectivity index (χ2v) is 3.29. The molecule has 0 aliphatic carbocycles. The van der Waals surface area contributed by atoms with Crippen molar-refractivity contribution in [2.24, 2.45) is 0 Å². The zero-order chi connectivity index (χ0) is 8.39. The van der Waals surface area contributed by atoms with Gasteiger partial charge in [0, 0.05) is 5.75 Å². The van der Waals surface area contributed by atoms with Crippen LogP contribution in [0.1, 0.15) is 5.69 Å². The Morgan fingerprint density at radius 2 is 2.42 bits per heavy atom. The van der Waals surface area contributed by atoms with Crippen LogP contribution in [0.5, 0.6) is 0 Å². The van der Waals surface area contributed by atoms with Crippen LogP contribution in [-0.2, 0) is 5.75 Å². The summed E-state index contributed by atoms with van der Waals surface area (Å²) in [7, 11) is 0. The highest BCUT2D eigenvalue weighted by Gasteiger charge is 1.99. The molecule has 62 valence electrons. The minimum Gasteiger partial charge on any atom is -0.442 e. The zero-order valence-electron chi connectivity index (χ0n) is 6.65. The molecule has 0 aliphatic rings. The Kier molecular flexibility index (Phi) is 1.99. The van der Waals surface area contributed by atoms with E-state index in [1.54, 1.807) is 18.0 Å². The van der Waals surface area contributed by atoms with Gasteiger partial charge in [-0.25, -0.2) is 4.98 Å².